The van der Waals surface area contributed by atoms with E-state index < -0.39 is 12.0 Å². The van der Waals surface area contributed by atoms with E-state index in [4.69, 9.17) is 0 Å². The zero-order valence-corrected chi connectivity index (χ0v) is 12.8. The number of carboxylic acid groups (broad SMARTS) is 1. The first kappa shape index (κ1) is 15.7. The van der Waals surface area contributed by atoms with Crippen molar-refractivity contribution in [3.8, 4) is 0 Å². The second kappa shape index (κ2) is 5.31. The van der Waals surface area contributed by atoms with Crippen LogP contribution in [-0.4, -0.2) is 62.3 Å². The maximum atomic E-state index is 11.5. The summed E-state index contributed by atoms with van der Waals surface area (Å²) in [7, 11) is 12.1. The van der Waals surface area contributed by atoms with E-state index in [-0.39, 0.29) is 0 Å². The smallest absolute Gasteiger partial charge is 0.367 e. The van der Waals surface area contributed by atoms with Gasteiger partial charge in [0.05, 0.1) is 42.3 Å². The third-order valence-electron chi connectivity index (χ3n) is 2.93. The predicted molar refractivity (Wildman–Crippen MR) is 76.6 cm³/mol. The van der Waals surface area contributed by atoms with Gasteiger partial charge in [-0.15, -0.1) is 0 Å². The molecule has 4 heteroatoms. The van der Waals surface area contributed by atoms with E-state index in [2.05, 4.69) is 27.2 Å². The highest BCUT2D eigenvalue weighted by Crippen LogP contribution is 2.25. The van der Waals surface area contributed by atoms with Crippen molar-refractivity contribution in [2.75, 3.05) is 42.3 Å². The van der Waals surface area contributed by atoms with Crippen LogP contribution in [0.5, 0.6) is 0 Å². The number of aliphatic carboxylic acids is 1. The van der Waals surface area contributed by atoms with Gasteiger partial charge in [-0.25, -0.2) is 4.79 Å². The molecule has 0 bridgehead atoms. The second-order valence-electron chi connectivity index (χ2n) is 7.05. The van der Waals surface area contributed by atoms with E-state index >= 15 is 0 Å². The molecule has 0 heterocycles. The number of hydrogen-bond acceptors (Lipinski definition) is 1. The average Bonchev–Trinajstić information content (AvgIpc) is 2.11. The SMILES string of the molecule is C[N+](C)(C)Cc1cccc(C(C(=O)O)[N+](C)(C)C)c1. The quantitative estimate of drug-likeness (QED) is 0.824. The van der Waals surface area contributed by atoms with Gasteiger partial charge in [0.2, 0.25) is 6.04 Å². The Hall–Kier alpha value is -1.39. The fraction of sp³-hybridized carbons (Fsp3) is 0.533. The Labute approximate surface area is 116 Å². The van der Waals surface area contributed by atoms with Gasteiger partial charge in [0.15, 0.2) is 0 Å². The summed E-state index contributed by atoms with van der Waals surface area (Å²) >= 11 is 0. The van der Waals surface area contributed by atoms with Gasteiger partial charge in [-0.2, -0.15) is 0 Å². The van der Waals surface area contributed by atoms with Crippen LogP contribution >= 0.6 is 0 Å². The molecule has 0 aliphatic heterocycles. The number of benzene rings is 1. The molecule has 0 saturated heterocycles. The maximum Gasteiger partial charge on any atom is 0.367 e. The van der Waals surface area contributed by atoms with E-state index in [9.17, 15) is 9.90 Å². The lowest BCUT2D eigenvalue weighted by atomic mass is 10.0. The molecule has 1 N–H and O–H groups in total. The van der Waals surface area contributed by atoms with Crippen LogP contribution in [0.2, 0.25) is 0 Å². The van der Waals surface area contributed by atoms with Crippen molar-refractivity contribution in [2.45, 2.75) is 12.6 Å². The lowest BCUT2D eigenvalue weighted by molar-refractivity contribution is -0.893. The summed E-state index contributed by atoms with van der Waals surface area (Å²) in [5.74, 6) is -0.783. The standard InChI is InChI=1S/C15H25N2O2/c1-16(2,3)11-12-8-7-9-13(10-12)14(15(18)19)17(4,5)6/h7-10,14H,11H2,1-6H3/q+1/p+1. The normalized spacial score (nSPS) is 14.2. The molecule has 0 aromatic heterocycles. The van der Waals surface area contributed by atoms with E-state index in [1.807, 2.05) is 39.3 Å². The van der Waals surface area contributed by atoms with Gasteiger partial charge in [0, 0.05) is 11.1 Å². The summed E-state index contributed by atoms with van der Waals surface area (Å²) in [5, 5.41) is 9.47. The van der Waals surface area contributed by atoms with Crippen molar-refractivity contribution in [2.24, 2.45) is 0 Å². The van der Waals surface area contributed by atoms with Gasteiger partial charge in [-0.3, -0.25) is 0 Å². The number of hydrogen-bond donors (Lipinski definition) is 1. The molecule has 0 saturated carbocycles. The molecule has 1 aromatic carbocycles. The van der Waals surface area contributed by atoms with Crippen LogP contribution < -0.4 is 0 Å². The van der Waals surface area contributed by atoms with Gasteiger partial charge >= 0.3 is 5.97 Å². The van der Waals surface area contributed by atoms with Crippen LogP contribution in [0.3, 0.4) is 0 Å². The fourth-order valence-electron chi connectivity index (χ4n) is 2.33. The molecule has 0 aliphatic carbocycles. The molecule has 0 aliphatic rings. The van der Waals surface area contributed by atoms with Crippen molar-refractivity contribution < 1.29 is 18.9 Å². The van der Waals surface area contributed by atoms with Gasteiger partial charge in [-0.05, 0) is 6.07 Å². The highest BCUT2D eigenvalue weighted by atomic mass is 16.4. The molecular formula is C15H26N2O2+2. The Balaban J connectivity index is 3.13. The molecule has 106 valence electrons. The monoisotopic (exact) mass is 266 g/mol. The minimum absolute atomic E-state index is 0.378. The Kier molecular flexibility index (Phi) is 4.38. The first-order chi connectivity index (χ1) is 8.50. The molecule has 0 radical (unpaired) electrons. The number of rotatable bonds is 5. The Morgan fingerprint density at radius 3 is 2.16 bits per heavy atom. The number of carbonyl (C=O) groups is 1. The summed E-state index contributed by atoms with van der Waals surface area (Å²) in [4.78, 5) is 11.5. The third kappa shape index (κ3) is 4.65. The van der Waals surface area contributed by atoms with E-state index in [0.717, 1.165) is 16.6 Å². The maximum absolute atomic E-state index is 11.5. The summed E-state index contributed by atoms with van der Waals surface area (Å²) < 4.78 is 1.20. The van der Waals surface area contributed by atoms with Crippen molar-refractivity contribution in [3.63, 3.8) is 0 Å². The number of carboxylic acids is 1. The Morgan fingerprint density at radius 2 is 1.74 bits per heavy atom. The molecule has 1 aromatic rings. The highest BCUT2D eigenvalue weighted by Gasteiger charge is 2.33. The van der Waals surface area contributed by atoms with Crippen LogP contribution in [-0.2, 0) is 11.3 Å². The summed E-state index contributed by atoms with van der Waals surface area (Å²) in [6, 6.07) is 7.40. The molecule has 1 rings (SSSR count). The first-order valence-electron chi connectivity index (χ1n) is 6.44. The van der Waals surface area contributed by atoms with Gasteiger partial charge in [0.1, 0.15) is 6.54 Å². The lowest BCUT2D eigenvalue weighted by Crippen LogP contribution is -2.43. The predicted octanol–water partition coefficient (Wildman–Crippen LogP) is 1.72. The van der Waals surface area contributed by atoms with Crippen LogP contribution in [0.15, 0.2) is 24.3 Å². The second-order valence-corrected chi connectivity index (χ2v) is 7.05. The van der Waals surface area contributed by atoms with Crippen LogP contribution in [0.25, 0.3) is 0 Å². The fourth-order valence-corrected chi connectivity index (χ4v) is 2.33. The topological polar surface area (TPSA) is 37.3 Å². The number of nitrogens with zero attached hydrogens (tertiary/aromatic N) is 2. The molecule has 1 unspecified atom stereocenters. The number of quaternary nitrogens is 2. The minimum Gasteiger partial charge on any atom is -0.477 e. The summed E-state index contributed by atoms with van der Waals surface area (Å²) in [6.07, 6.45) is 0. The van der Waals surface area contributed by atoms with Crippen molar-refractivity contribution in [3.05, 3.63) is 35.4 Å². The molecule has 19 heavy (non-hydrogen) atoms. The molecule has 0 fully saturated rings. The van der Waals surface area contributed by atoms with E-state index in [0.29, 0.717) is 4.48 Å². The largest absolute Gasteiger partial charge is 0.477 e. The first-order valence-corrected chi connectivity index (χ1v) is 6.44. The van der Waals surface area contributed by atoms with Crippen LogP contribution in [0.1, 0.15) is 17.2 Å². The lowest BCUT2D eigenvalue weighted by Gasteiger charge is -2.31. The molecule has 0 amide bonds. The van der Waals surface area contributed by atoms with Crippen molar-refractivity contribution >= 4 is 5.97 Å². The van der Waals surface area contributed by atoms with Gasteiger partial charge in [-0.1, -0.05) is 18.2 Å². The van der Waals surface area contributed by atoms with Gasteiger partial charge < -0.3 is 14.1 Å². The Bertz CT molecular complexity index is 456. The zero-order valence-electron chi connectivity index (χ0n) is 12.8. The van der Waals surface area contributed by atoms with E-state index in [1.54, 1.807) is 0 Å². The van der Waals surface area contributed by atoms with Crippen molar-refractivity contribution in [1.82, 2.24) is 0 Å². The molecule has 4 nitrogen and oxygen atoms in total. The number of likely N-dealkylation sites (N-methyl/N-ethyl adjacent to an activating group) is 1. The third-order valence-corrected chi connectivity index (χ3v) is 2.93. The zero-order chi connectivity index (χ0) is 14.8. The summed E-state index contributed by atoms with van der Waals surface area (Å²) in [6.45, 7) is 0.886. The highest BCUT2D eigenvalue weighted by molar-refractivity contribution is 5.74. The molecule has 1 atom stereocenters. The van der Waals surface area contributed by atoms with E-state index in [1.165, 1.54) is 5.56 Å². The summed E-state index contributed by atoms with van der Waals surface area (Å²) in [5.41, 5.74) is 2.04. The minimum atomic E-state index is -0.783. The molecular weight excluding hydrogens is 240 g/mol. The Morgan fingerprint density at radius 1 is 1.16 bits per heavy atom. The molecule has 0 spiro atoms. The van der Waals surface area contributed by atoms with Gasteiger partial charge in [0.25, 0.3) is 0 Å². The van der Waals surface area contributed by atoms with Crippen LogP contribution in [0.4, 0.5) is 0 Å². The average molecular weight is 266 g/mol. The van der Waals surface area contributed by atoms with Crippen LogP contribution in [0, 0.1) is 0 Å². The van der Waals surface area contributed by atoms with Crippen molar-refractivity contribution in [1.29, 1.82) is 0 Å².